The highest BCUT2D eigenvalue weighted by Gasteiger charge is 2.21. The minimum atomic E-state index is -3.31. The second-order valence-corrected chi connectivity index (χ2v) is 6.51. The molecule has 1 atom stereocenters. The number of nitrogens with one attached hydrogen (secondary N) is 1. The van der Waals surface area contributed by atoms with Gasteiger partial charge in [0.05, 0.1) is 5.75 Å². The van der Waals surface area contributed by atoms with Crippen molar-refractivity contribution in [3.63, 3.8) is 0 Å². The summed E-state index contributed by atoms with van der Waals surface area (Å²) in [5, 5.41) is 8.42. The number of likely N-dealkylation sites (tertiary alicyclic amines) is 1. The maximum absolute atomic E-state index is 11.5. The molecule has 0 aliphatic carbocycles. The summed E-state index contributed by atoms with van der Waals surface area (Å²) in [6.45, 7) is 2.38. The van der Waals surface area contributed by atoms with Gasteiger partial charge in [-0.05, 0) is 32.4 Å². The molecule has 6 nitrogen and oxygen atoms in total. The van der Waals surface area contributed by atoms with Crippen molar-refractivity contribution < 1.29 is 18.3 Å². The third kappa shape index (κ3) is 5.99. The fraction of sp³-hybridized carbons (Fsp3) is 0.900. The van der Waals surface area contributed by atoms with E-state index in [2.05, 4.69) is 9.62 Å². The number of sulfonamides is 1. The highest BCUT2D eigenvalue weighted by Crippen LogP contribution is 2.13. The van der Waals surface area contributed by atoms with Crippen LogP contribution in [0.1, 0.15) is 19.3 Å². The molecule has 100 valence electrons. The first kappa shape index (κ1) is 14.4. The first-order chi connectivity index (χ1) is 7.89. The molecule has 0 bridgehead atoms. The van der Waals surface area contributed by atoms with Crippen LogP contribution in [0.4, 0.5) is 0 Å². The average Bonchev–Trinajstić information content (AvgIpc) is 2.61. The fourth-order valence-electron chi connectivity index (χ4n) is 1.92. The van der Waals surface area contributed by atoms with Crippen LogP contribution >= 0.6 is 0 Å². The topological polar surface area (TPSA) is 86.7 Å². The third-order valence-electron chi connectivity index (χ3n) is 2.88. The van der Waals surface area contributed by atoms with Gasteiger partial charge in [-0.2, -0.15) is 0 Å². The Morgan fingerprint density at radius 1 is 1.53 bits per heavy atom. The number of carboxylic acids is 1. The number of nitrogens with zero attached hydrogens (tertiary/aromatic N) is 1. The van der Waals surface area contributed by atoms with Crippen LogP contribution in [0.2, 0.25) is 0 Å². The van der Waals surface area contributed by atoms with Crippen molar-refractivity contribution in [1.82, 2.24) is 9.62 Å². The van der Waals surface area contributed by atoms with Gasteiger partial charge in [0, 0.05) is 19.5 Å². The maximum Gasteiger partial charge on any atom is 0.303 e. The summed E-state index contributed by atoms with van der Waals surface area (Å²) in [7, 11) is -1.30. The molecular formula is C10H20N2O4S. The second-order valence-electron chi connectivity index (χ2n) is 4.58. The Hall–Kier alpha value is -0.660. The zero-order valence-electron chi connectivity index (χ0n) is 10.1. The predicted molar refractivity (Wildman–Crippen MR) is 64.3 cm³/mol. The Bertz CT molecular complexity index is 355. The smallest absolute Gasteiger partial charge is 0.303 e. The van der Waals surface area contributed by atoms with Crippen molar-refractivity contribution in [3.8, 4) is 0 Å². The molecule has 1 aliphatic rings. The number of carbonyl (C=O) groups is 1. The third-order valence-corrected chi connectivity index (χ3v) is 4.32. The van der Waals surface area contributed by atoms with Gasteiger partial charge < -0.3 is 10.0 Å². The summed E-state index contributed by atoms with van der Waals surface area (Å²) in [6, 6.07) is 0. The van der Waals surface area contributed by atoms with Gasteiger partial charge in [-0.1, -0.05) is 0 Å². The lowest BCUT2D eigenvalue weighted by molar-refractivity contribution is -0.137. The minimum absolute atomic E-state index is 0.104. The van der Waals surface area contributed by atoms with E-state index in [-0.39, 0.29) is 18.6 Å². The fourth-order valence-corrected chi connectivity index (χ4v) is 3.08. The van der Waals surface area contributed by atoms with Crippen LogP contribution in [0.3, 0.4) is 0 Å². The second kappa shape index (κ2) is 6.32. The molecule has 0 radical (unpaired) electrons. The van der Waals surface area contributed by atoms with Gasteiger partial charge >= 0.3 is 5.97 Å². The molecule has 0 aromatic rings. The molecule has 1 aliphatic heterocycles. The molecule has 1 rings (SSSR count). The van der Waals surface area contributed by atoms with Gasteiger partial charge in [-0.15, -0.1) is 0 Å². The zero-order chi connectivity index (χ0) is 12.9. The van der Waals surface area contributed by atoms with E-state index in [9.17, 15) is 13.2 Å². The Balaban J connectivity index is 2.22. The number of hydrogen-bond acceptors (Lipinski definition) is 4. The Morgan fingerprint density at radius 2 is 2.24 bits per heavy atom. The van der Waals surface area contributed by atoms with Crippen molar-refractivity contribution in [2.75, 3.05) is 32.4 Å². The van der Waals surface area contributed by atoms with Crippen LogP contribution in [0, 0.1) is 5.92 Å². The van der Waals surface area contributed by atoms with E-state index >= 15 is 0 Å². The first-order valence-electron chi connectivity index (χ1n) is 5.77. The SMILES string of the molecule is CN1CCC(CNS(=O)(=O)CCCC(=O)O)C1. The van der Waals surface area contributed by atoms with Crippen LogP contribution in [0.25, 0.3) is 0 Å². The molecule has 2 N–H and O–H groups in total. The predicted octanol–water partition coefficient (Wildman–Crippen LogP) is -0.278. The van der Waals surface area contributed by atoms with Crippen molar-refractivity contribution >= 4 is 16.0 Å². The molecule has 1 heterocycles. The lowest BCUT2D eigenvalue weighted by Gasteiger charge is -2.11. The van der Waals surface area contributed by atoms with E-state index < -0.39 is 16.0 Å². The van der Waals surface area contributed by atoms with Crippen molar-refractivity contribution in [3.05, 3.63) is 0 Å². The monoisotopic (exact) mass is 264 g/mol. The van der Waals surface area contributed by atoms with E-state index in [4.69, 9.17) is 5.11 Å². The molecule has 0 amide bonds. The highest BCUT2D eigenvalue weighted by atomic mass is 32.2. The molecule has 0 saturated carbocycles. The number of carboxylic acid groups (broad SMARTS) is 1. The Morgan fingerprint density at radius 3 is 2.76 bits per heavy atom. The quantitative estimate of drug-likeness (QED) is 0.660. The van der Waals surface area contributed by atoms with Gasteiger partial charge in [0.1, 0.15) is 0 Å². The van der Waals surface area contributed by atoms with Crippen LogP contribution in [-0.2, 0) is 14.8 Å². The molecule has 17 heavy (non-hydrogen) atoms. The normalized spacial score (nSPS) is 21.8. The summed E-state index contributed by atoms with van der Waals surface area (Å²) in [5.74, 6) is -0.700. The van der Waals surface area contributed by atoms with Gasteiger partial charge in [0.25, 0.3) is 0 Å². The van der Waals surface area contributed by atoms with Gasteiger partial charge in [0.15, 0.2) is 0 Å². The average molecular weight is 264 g/mol. The number of aliphatic carboxylic acids is 1. The van der Waals surface area contributed by atoms with E-state index in [1.165, 1.54) is 0 Å². The van der Waals surface area contributed by atoms with Crippen LogP contribution in [-0.4, -0.2) is 56.8 Å². The lowest BCUT2D eigenvalue weighted by Crippen LogP contribution is -2.32. The molecule has 1 fully saturated rings. The van der Waals surface area contributed by atoms with Crippen LogP contribution in [0.5, 0.6) is 0 Å². The maximum atomic E-state index is 11.5. The van der Waals surface area contributed by atoms with Crippen LogP contribution in [0.15, 0.2) is 0 Å². The largest absolute Gasteiger partial charge is 0.481 e. The van der Waals surface area contributed by atoms with Crippen molar-refractivity contribution in [2.24, 2.45) is 5.92 Å². The van der Waals surface area contributed by atoms with E-state index in [0.717, 1.165) is 19.5 Å². The zero-order valence-corrected chi connectivity index (χ0v) is 10.9. The highest BCUT2D eigenvalue weighted by molar-refractivity contribution is 7.89. The molecule has 0 aromatic heterocycles. The Labute approximate surface area is 102 Å². The first-order valence-corrected chi connectivity index (χ1v) is 7.42. The van der Waals surface area contributed by atoms with E-state index in [1.807, 2.05) is 7.05 Å². The molecule has 1 saturated heterocycles. The summed E-state index contributed by atoms with van der Waals surface area (Å²) in [4.78, 5) is 12.4. The van der Waals surface area contributed by atoms with Gasteiger partial charge in [-0.3, -0.25) is 4.79 Å². The number of rotatable bonds is 7. The summed E-state index contributed by atoms with van der Waals surface area (Å²) in [5.41, 5.74) is 0. The summed E-state index contributed by atoms with van der Waals surface area (Å²) in [6.07, 6.45) is 1.07. The van der Waals surface area contributed by atoms with Gasteiger partial charge in [-0.25, -0.2) is 13.1 Å². The van der Waals surface area contributed by atoms with Gasteiger partial charge in [0.2, 0.25) is 10.0 Å². The summed E-state index contributed by atoms with van der Waals surface area (Å²) >= 11 is 0. The standard InChI is InChI=1S/C10H20N2O4S/c1-12-5-4-9(8-12)7-11-17(15,16)6-2-3-10(13)14/h9,11H,2-8H2,1H3,(H,13,14). The molecule has 1 unspecified atom stereocenters. The Kier molecular flexibility index (Phi) is 5.35. The minimum Gasteiger partial charge on any atom is -0.481 e. The van der Waals surface area contributed by atoms with Crippen molar-refractivity contribution in [2.45, 2.75) is 19.3 Å². The molecule has 0 spiro atoms. The van der Waals surface area contributed by atoms with Crippen LogP contribution < -0.4 is 4.72 Å². The molecular weight excluding hydrogens is 244 g/mol. The molecule has 0 aromatic carbocycles. The molecule has 7 heteroatoms. The number of hydrogen-bond donors (Lipinski definition) is 2. The van der Waals surface area contributed by atoms with E-state index in [1.54, 1.807) is 0 Å². The summed E-state index contributed by atoms with van der Waals surface area (Å²) < 4.78 is 25.6. The van der Waals surface area contributed by atoms with Crippen molar-refractivity contribution in [1.29, 1.82) is 0 Å². The van der Waals surface area contributed by atoms with E-state index in [0.29, 0.717) is 12.5 Å². The lowest BCUT2D eigenvalue weighted by atomic mass is 10.1.